The predicted molar refractivity (Wildman–Crippen MR) is 73.8 cm³/mol. The molecule has 2 rings (SSSR count). The summed E-state index contributed by atoms with van der Waals surface area (Å²) in [5.74, 6) is 0.881. The van der Waals surface area contributed by atoms with E-state index in [1.807, 2.05) is 38.1 Å². The van der Waals surface area contributed by atoms with Crippen LogP contribution < -0.4 is 4.74 Å². The van der Waals surface area contributed by atoms with Crippen molar-refractivity contribution in [2.75, 3.05) is 0 Å². The van der Waals surface area contributed by atoms with Crippen LogP contribution in [0, 0.1) is 0 Å². The summed E-state index contributed by atoms with van der Waals surface area (Å²) >= 11 is 0. The second-order valence-corrected chi connectivity index (χ2v) is 5.64. The van der Waals surface area contributed by atoms with Gasteiger partial charge < -0.3 is 9.84 Å². The van der Waals surface area contributed by atoms with Gasteiger partial charge in [0, 0.05) is 0 Å². The van der Waals surface area contributed by atoms with Gasteiger partial charge in [-0.15, -0.1) is 0 Å². The first-order chi connectivity index (χ1) is 8.60. The van der Waals surface area contributed by atoms with Gasteiger partial charge in [0.15, 0.2) is 0 Å². The van der Waals surface area contributed by atoms with Crippen LogP contribution in [0.1, 0.15) is 57.9 Å². The first kappa shape index (κ1) is 13.4. The summed E-state index contributed by atoms with van der Waals surface area (Å²) in [6, 6.07) is 7.97. The predicted octanol–water partition coefficient (Wildman–Crippen LogP) is 4.02. The van der Waals surface area contributed by atoms with E-state index in [1.54, 1.807) is 0 Å². The van der Waals surface area contributed by atoms with Crippen molar-refractivity contribution < 1.29 is 9.84 Å². The van der Waals surface area contributed by atoms with Crippen LogP contribution in [0.3, 0.4) is 0 Å². The normalized spacial score (nSPS) is 19.6. The molecule has 1 aliphatic carbocycles. The SMILES string of the molecule is CC(C)Oc1ccc(C2(O)CCCCCC2)cc1. The number of ether oxygens (including phenoxy) is 1. The lowest BCUT2D eigenvalue weighted by Crippen LogP contribution is -2.24. The number of hydrogen-bond donors (Lipinski definition) is 1. The zero-order chi connectivity index (χ0) is 13.0. The zero-order valence-electron chi connectivity index (χ0n) is 11.5. The average molecular weight is 248 g/mol. The minimum absolute atomic E-state index is 0.191. The summed E-state index contributed by atoms with van der Waals surface area (Å²) < 4.78 is 5.63. The Balaban J connectivity index is 2.12. The fourth-order valence-corrected chi connectivity index (χ4v) is 2.72. The standard InChI is InChI=1S/C16H24O2/c1-13(2)18-15-9-7-14(8-10-15)16(17)11-5-3-4-6-12-16/h7-10,13,17H,3-6,11-12H2,1-2H3. The number of hydrogen-bond acceptors (Lipinski definition) is 2. The maximum Gasteiger partial charge on any atom is 0.119 e. The number of benzene rings is 1. The Hall–Kier alpha value is -1.02. The molecule has 1 aromatic rings. The van der Waals surface area contributed by atoms with E-state index in [4.69, 9.17) is 4.74 Å². The fraction of sp³-hybridized carbons (Fsp3) is 0.625. The summed E-state index contributed by atoms with van der Waals surface area (Å²) in [4.78, 5) is 0. The van der Waals surface area contributed by atoms with Crippen LogP contribution in [-0.2, 0) is 5.60 Å². The van der Waals surface area contributed by atoms with Crippen molar-refractivity contribution in [1.82, 2.24) is 0 Å². The van der Waals surface area contributed by atoms with Crippen molar-refractivity contribution in [3.63, 3.8) is 0 Å². The van der Waals surface area contributed by atoms with Crippen LogP contribution in [0.5, 0.6) is 5.75 Å². The van der Waals surface area contributed by atoms with Crippen LogP contribution in [0.4, 0.5) is 0 Å². The van der Waals surface area contributed by atoms with Gasteiger partial charge in [-0.25, -0.2) is 0 Å². The van der Waals surface area contributed by atoms with Gasteiger partial charge in [-0.05, 0) is 44.4 Å². The second-order valence-electron chi connectivity index (χ2n) is 5.64. The van der Waals surface area contributed by atoms with Gasteiger partial charge >= 0.3 is 0 Å². The Labute approximate surface area is 110 Å². The van der Waals surface area contributed by atoms with E-state index >= 15 is 0 Å². The van der Waals surface area contributed by atoms with Crippen molar-refractivity contribution in [3.05, 3.63) is 29.8 Å². The van der Waals surface area contributed by atoms with Gasteiger partial charge in [-0.1, -0.05) is 37.8 Å². The Morgan fingerprint density at radius 3 is 2.06 bits per heavy atom. The smallest absolute Gasteiger partial charge is 0.119 e. The molecule has 1 aliphatic rings. The highest BCUT2D eigenvalue weighted by Gasteiger charge is 2.29. The van der Waals surface area contributed by atoms with Gasteiger partial charge in [0.2, 0.25) is 0 Å². The lowest BCUT2D eigenvalue weighted by Gasteiger charge is -2.27. The molecule has 1 N–H and O–H groups in total. The maximum atomic E-state index is 10.8. The average Bonchev–Trinajstić information content (AvgIpc) is 2.55. The molecule has 0 aliphatic heterocycles. The van der Waals surface area contributed by atoms with Crippen LogP contribution in [0.2, 0.25) is 0 Å². The topological polar surface area (TPSA) is 29.5 Å². The van der Waals surface area contributed by atoms with Crippen LogP contribution in [0.15, 0.2) is 24.3 Å². The molecule has 2 heteroatoms. The molecule has 0 heterocycles. The van der Waals surface area contributed by atoms with E-state index < -0.39 is 5.60 Å². The molecule has 0 amide bonds. The molecule has 18 heavy (non-hydrogen) atoms. The summed E-state index contributed by atoms with van der Waals surface area (Å²) in [7, 11) is 0. The van der Waals surface area contributed by atoms with E-state index in [0.29, 0.717) is 0 Å². The van der Waals surface area contributed by atoms with E-state index in [-0.39, 0.29) is 6.10 Å². The van der Waals surface area contributed by atoms with E-state index in [9.17, 15) is 5.11 Å². The van der Waals surface area contributed by atoms with Gasteiger partial charge in [0.05, 0.1) is 11.7 Å². The molecule has 0 aromatic heterocycles. The molecule has 1 saturated carbocycles. The monoisotopic (exact) mass is 248 g/mol. The third-order valence-electron chi connectivity index (χ3n) is 3.69. The van der Waals surface area contributed by atoms with Gasteiger partial charge in [0.1, 0.15) is 5.75 Å². The molecule has 0 radical (unpaired) electrons. The second kappa shape index (κ2) is 5.75. The van der Waals surface area contributed by atoms with Gasteiger partial charge in [-0.3, -0.25) is 0 Å². The summed E-state index contributed by atoms with van der Waals surface area (Å²) in [5.41, 5.74) is 0.424. The van der Waals surface area contributed by atoms with Crippen LogP contribution in [-0.4, -0.2) is 11.2 Å². The molecule has 0 bridgehead atoms. The van der Waals surface area contributed by atoms with E-state index in [2.05, 4.69) is 0 Å². The molecule has 1 aromatic carbocycles. The molecule has 1 fully saturated rings. The fourth-order valence-electron chi connectivity index (χ4n) is 2.72. The number of rotatable bonds is 3. The molecule has 2 nitrogen and oxygen atoms in total. The minimum atomic E-state index is -0.618. The Kier molecular flexibility index (Phi) is 4.28. The first-order valence-electron chi connectivity index (χ1n) is 7.10. The van der Waals surface area contributed by atoms with Crippen molar-refractivity contribution >= 4 is 0 Å². The minimum Gasteiger partial charge on any atom is -0.491 e. The Morgan fingerprint density at radius 2 is 1.56 bits per heavy atom. The van der Waals surface area contributed by atoms with Crippen molar-refractivity contribution in [2.45, 2.75) is 64.1 Å². The van der Waals surface area contributed by atoms with Crippen molar-refractivity contribution in [1.29, 1.82) is 0 Å². The lowest BCUT2D eigenvalue weighted by molar-refractivity contribution is 0.0207. The highest BCUT2D eigenvalue weighted by atomic mass is 16.5. The van der Waals surface area contributed by atoms with Crippen molar-refractivity contribution in [3.8, 4) is 5.75 Å². The lowest BCUT2D eigenvalue weighted by atomic mass is 9.86. The molecule has 0 unspecified atom stereocenters. The Bertz CT molecular complexity index is 359. The van der Waals surface area contributed by atoms with Gasteiger partial charge in [-0.2, -0.15) is 0 Å². The van der Waals surface area contributed by atoms with Crippen LogP contribution in [0.25, 0.3) is 0 Å². The molecule has 0 spiro atoms. The number of aliphatic hydroxyl groups is 1. The first-order valence-corrected chi connectivity index (χ1v) is 7.10. The van der Waals surface area contributed by atoms with Crippen molar-refractivity contribution in [2.24, 2.45) is 0 Å². The zero-order valence-corrected chi connectivity index (χ0v) is 11.5. The van der Waals surface area contributed by atoms with E-state index in [0.717, 1.165) is 37.0 Å². The molecule has 0 saturated heterocycles. The van der Waals surface area contributed by atoms with Crippen LogP contribution >= 0.6 is 0 Å². The quantitative estimate of drug-likeness (QED) is 0.819. The maximum absolute atomic E-state index is 10.8. The van der Waals surface area contributed by atoms with Gasteiger partial charge in [0.25, 0.3) is 0 Å². The summed E-state index contributed by atoms with van der Waals surface area (Å²) in [6.45, 7) is 4.04. The highest BCUT2D eigenvalue weighted by molar-refractivity contribution is 5.31. The third kappa shape index (κ3) is 3.26. The summed E-state index contributed by atoms with van der Waals surface area (Å²) in [6.07, 6.45) is 6.71. The Morgan fingerprint density at radius 1 is 1.00 bits per heavy atom. The molecule has 100 valence electrons. The molecule has 0 atom stereocenters. The highest BCUT2D eigenvalue weighted by Crippen LogP contribution is 2.36. The summed E-state index contributed by atoms with van der Waals surface area (Å²) in [5, 5.41) is 10.8. The third-order valence-corrected chi connectivity index (χ3v) is 3.69. The molecular formula is C16H24O2. The van der Waals surface area contributed by atoms with E-state index in [1.165, 1.54) is 12.8 Å². The molecular weight excluding hydrogens is 224 g/mol. The largest absolute Gasteiger partial charge is 0.491 e.